The summed E-state index contributed by atoms with van der Waals surface area (Å²) >= 11 is 3.52. The quantitative estimate of drug-likeness (QED) is 0.104. The fourth-order valence-electron chi connectivity index (χ4n) is 31.3. The monoisotopic (exact) mass is 2020 g/mol. The third kappa shape index (κ3) is 15.8. The first-order valence-electron chi connectivity index (χ1n) is 52.4. The maximum Gasteiger partial charge on any atom is 0.307 e. The summed E-state index contributed by atoms with van der Waals surface area (Å²) in [5, 5.41) is 54.3. The van der Waals surface area contributed by atoms with E-state index in [0.29, 0.717) is 64.0 Å². The van der Waals surface area contributed by atoms with Crippen molar-refractivity contribution < 1.29 is 72.6 Å². The lowest BCUT2D eigenvalue weighted by Crippen LogP contribution is -2.54. The van der Waals surface area contributed by atoms with Crippen LogP contribution in [-0.4, -0.2) is 157 Å². The molecule has 6 amide bonds. The molecule has 1 N–H and O–H groups in total. The van der Waals surface area contributed by atoms with Gasteiger partial charge >= 0.3 is 5.97 Å². The van der Waals surface area contributed by atoms with E-state index in [1.165, 1.54) is 65.4 Å². The van der Waals surface area contributed by atoms with Crippen molar-refractivity contribution in [2.24, 2.45) is 71.0 Å². The third-order valence-corrected chi connectivity index (χ3v) is 39.2. The number of rotatable bonds is 9. The van der Waals surface area contributed by atoms with Gasteiger partial charge in [-0.3, -0.25) is 78.9 Å². The van der Waals surface area contributed by atoms with Gasteiger partial charge in [0.15, 0.2) is 5.75 Å². The van der Waals surface area contributed by atoms with Crippen molar-refractivity contribution >= 4 is 76.3 Å². The molecule has 764 valence electrons. The maximum absolute atomic E-state index is 13.2. The summed E-state index contributed by atoms with van der Waals surface area (Å²) in [5.74, 6) is 3.75. The summed E-state index contributed by atoms with van der Waals surface area (Å²) in [6.45, 7) is 20.4. The third-order valence-electron chi connectivity index (χ3n) is 37.0. The van der Waals surface area contributed by atoms with Crippen molar-refractivity contribution in [3.8, 4) is 23.0 Å². The summed E-state index contributed by atoms with van der Waals surface area (Å²) < 4.78 is 18.2. The molecule has 9 aromatic rings. The van der Waals surface area contributed by atoms with E-state index in [-0.39, 0.29) is 157 Å². The molecule has 5 aliphatic carbocycles. The average Bonchev–Trinajstić information content (AvgIpc) is 1.58. The SMILES string of the molecule is Cc1cc2c(cc1C)C13C[C@H](C)[C@@H](C(=O)O)[C@@H]1CC(=O)N3CCC2.Cc1ccc2c(c1)CCN1C(=O)C[C@H]3COc4ccccc4[C@]231.Cc1ccc2c(c1)OCCN1C(=O)CC3[C@H](C[N+](=O)[O-])CCC231.Cc1ccc2c(c1)Oc1ccccc1N1C(=O)C[C@H]3[C@H](C[N+](=O)[O-])CC[C@]231.Cc1ccc2c(c1)SCCN1C(=O)C[C@H]3[C@H](C[N+](=O)[O-])CC[C@]231.Cc1ccc2c(c1)Sc1ccccc1N1C(=O)C[C@H]3[C@H](C[N+](=O)[O-])CC[C@]231. The number of carbonyl (C=O) groups excluding carboxylic acids is 6. The maximum atomic E-state index is 13.2. The minimum Gasteiger partial charge on any atom is -0.493 e. The Kier molecular flexibility index (Phi) is 25.3. The Hall–Kier alpha value is -13.0. The van der Waals surface area contributed by atoms with Crippen LogP contribution in [0.4, 0.5) is 11.4 Å². The molecule has 18 aliphatic rings. The highest BCUT2D eigenvalue weighted by Gasteiger charge is 2.70. The molecule has 18 atom stereocenters. The Balaban J connectivity index is 0.000000100. The van der Waals surface area contributed by atoms with Gasteiger partial charge in [-0.25, -0.2) is 0 Å². The lowest BCUT2D eigenvalue weighted by molar-refractivity contribution is -0.489. The fraction of sp³-hybridized carbons (Fsp3) is 0.474. The van der Waals surface area contributed by atoms with Gasteiger partial charge < -0.3 is 43.8 Å². The smallest absolute Gasteiger partial charge is 0.307 e. The van der Waals surface area contributed by atoms with Crippen molar-refractivity contribution in [3.63, 3.8) is 0 Å². The molecule has 6 saturated heterocycles. The second-order valence-electron chi connectivity index (χ2n) is 44.5. The van der Waals surface area contributed by atoms with Crippen LogP contribution in [0, 0.1) is 160 Å². The van der Waals surface area contributed by atoms with Gasteiger partial charge in [0, 0.05) is 174 Å². The molecule has 147 heavy (non-hydrogen) atoms. The van der Waals surface area contributed by atoms with Crippen LogP contribution >= 0.6 is 23.5 Å². The Bertz CT molecular complexity index is 6720. The number of nitrogens with zero attached hydrogens (tertiary/aromatic N) is 10. The van der Waals surface area contributed by atoms with Crippen molar-refractivity contribution in [2.75, 3.05) is 81.1 Å². The number of ether oxygens (including phenoxy) is 3. The highest BCUT2D eigenvalue weighted by atomic mass is 32.2. The molecule has 6 spiro atoms. The minimum atomic E-state index is -0.742. The summed E-state index contributed by atoms with van der Waals surface area (Å²) in [6, 6.07) is 60.2. The van der Waals surface area contributed by atoms with E-state index in [0.717, 1.165) is 169 Å². The molecular formula is C116H124N10O19S2. The number of hydrogen-bond donors (Lipinski definition) is 1. The van der Waals surface area contributed by atoms with Gasteiger partial charge in [-0.15, -0.1) is 11.8 Å². The first-order chi connectivity index (χ1) is 70.6. The normalized spacial score (nSPS) is 30.3. The summed E-state index contributed by atoms with van der Waals surface area (Å²) in [7, 11) is 0. The van der Waals surface area contributed by atoms with Crippen LogP contribution in [0.5, 0.6) is 23.0 Å². The summed E-state index contributed by atoms with van der Waals surface area (Å²) in [5.41, 5.74) is 18.5. The Morgan fingerprint density at radius 2 is 0.857 bits per heavy atom. The number of hydrogen-bond acceptors (Lipinski definition) is 20. The molecule has 13 aliphatic heterocycles. The van der Waals surface area contributed by atoms with E-state index >= 15 is 0 Å². The number of aliphatic carboxylic acids is 1. The van der Waals surface area contributed by atoms with Crippen molar-refractivity contribution in [2.45, 2.75) is 219 Å². The molecule has 27 rings (SSSR count). The predicted molar refractivity (Wildman–Crippen MR) is 552 cm³/mol. The fourth-order valence-corrected chi connectivity index (χ4v) is 33.7. The number of para-hydroxylation sites is 4. The van der Waals surface area contributed by atoms with Crippen LogP contribution in [0.2, 0.25) is 0 Å². The number of amides is 6. The Labute approximate surface area is 862 Å². The number of anilines is 2. The van der Waals surface area contributed by atoms with Crippen LogP contribution in [0.3, 0.4) is 0 Å². The van der Waals surface area contributed by atoms with Crippen molar-refractivity contribution in [3.05, 3.63) is 305 Å². The zero-order chi connectivity index (χ0) is 103. The molecule has 9 aromatic carbocycles. The second-order valence-corrected chi connectivity index (χ2v) is 46.8. The van der Waals surface area contributed by atoms with Gasteiger partial charge in [-0.2, -0.15) is 0 Å². The number of thioether (sulfide) groups is 1. The highest BCUT2D eigenvalue weighted by Crippen LogP contribution is 2.69. The van der Waals surface area contributed by atoms with Crippen LogP contribution in [0.1, 0.15) is 199 Å². The van der Waals surface area contributed by atoms with Gasteiger partial charge in [0.2, 0.25) is 61.6 Å². The molecule has 13 heterocycles. The number of fused-ring (bicyclic) bond motifs is 11. The van der Waals surface area contributed by atoms with Gasteiger partial charge in [0.1, 0.15) is 29.4 Å². The van der Waals surface area contributed by atoms with Gasteiger partial charge in [0.05, 0.1) is 58.1 Å². The number of benzene rings is 9. The minimum absolute atomic E-state index is 0.0104. The van der Waals surface area contributed by atoms with Gasteiger partial charge in [-0.1, -0.05) is 146 Å². The zero-order valence-corrected chi connectivity index (χ0v) is 85.9. The molecular weight excluding hydrogens is 1900 g/mol. The first-order valence-corrected chi connectivity index (χ1v) is 54.2. The lowest BCUT2D eigenvalue weighted by Gasteiger charge is -2.49. The van der Waals surface area contributed by atoms with Crippen LogP contribution in [-0.2, 0) is 79.6 Å². The Morgan fingerprint density at radius 3 is 1.47 bits per heavy atom. The number of carboxylic acid groups (broad SMARTS) is 1. The van der Waals surface area contributed by atoms with Crippen LogP contribution in [0.15, 0.2) is 191 Å². The number of nitro groups is 4. The summed E-state index contributed by atoms with van der Waals surface area (Å²) in [6.07, 6.45) is 12.6. The van der Waals surface area contributed by atoms with Gasteiger partial charge in [-0.05, 0) is 253 Å². The van der Waals surface area contributed by atoms with Crippen LogP contribution in [0.25, 0.3) is 0 Å². The Morgan fingerprint density at radius 1 is 0.401 bits per heavy atom. The molecule has 29 nitrogen and oxygen atoms in total. The van der Waals surface area contributed by atoms with Crippen molar-refractivity contribution in [1.29, 1.82) is 0 Å². The number of carboxylic acids is 1. The van der Waals surface area contributed by atoms with E-state index in [9.17, 15) is 79.1 Å². The predicted octanol–water partition coefficient (Wildman–Crippen LogP) is 19.4. The first kappa shape index (κ1) is 98.6. The molecule has 0 aromatic heterocycles. The largest absolute Gasteiger partial charge is 0.493 e. The van der Waals surface area contributed by atoms with E-state index in [4.69, 9.17) is 14.2 Å². The van der Waals surface area contributed by atoms with Crippen LogP contribution < -0.4 is 24.0 Å². The number of aryl methyl sites for hydroxylation is 8. The zero-order valence-electron chi connectivity index (χ0n) is 84.3. The molecule has 0 bridgehead atoms. The van der Waals surface area contributed by atoms with E-state index < -0.39 is 34.0 Å². The van der Waals surface area contributed by atoms with E-state index in [1.54, 1.807) is 11.8 Å². The molecule has 0 radical (unpaired) electrons. The molecule has 11 fully saturated rings. The second kappa shape index (κ2) is 37.7. The molecule has 3 unspecified atom stereocenters. The van der Waals surface area contributed by atoms with Gasteiger partial charge in [0.25, 0.3) is 0 Å². The standard InChI is InChI=1S/C21H20N2O4.C21H20N2O3S.C20H25NO3.C20H19NO2.C17H20N2O4.C17H20N2O3S/c2*1-13-6-7-15-19(10-13)27-18-5-3-2-4-17(18)23-20(24)11-16-14(12-22(25)26)8-9-21(15,16)23;1-11-7-14-5-4-6-21-17(22)9-16-18(19(23)24)13(3)10-20(16,21)15(14)8-12(11)2;1-13-6-7-16-14(10-13)8-9-21-19(22)11-15-12-23-18-5-3-2-4-17(18)20(15,16)21;2*1-11-2-3-13-15(8-11)23-7-6-18-16(20)9-14-12(10-19(21)22)4-5-17(13,14)18/h2*2-7,10,14,16H,8-9,11-12H2,1H3;7-8,13,16,18H,4-6,9-10H2,1-3H3,(H,23,24);2-7,10,15H,8-9,11-12H2,1H3;2*2-3,8,12,14H,4-7,9-10H2,1H3/t2*14-,16-,21-;13-,16-,18+,20?;15-,20+;12-,14?,17?;12-,14-,17-/m000000/s1. The molecule has 5 saturated carbocycles. The highest BCUT2D eigenvalue weighted by molar-refractivity contribution is 7.99. The summed E-state index contributed by atoms with van der Waals surface area (Å²) in [4.78, 5) is 148. The van der Waals surface area contributed by atoms with Crippen molar-refractivity contribution in [1.82, 2.24) is 19.6 Å². The topological polar surface area (TPSA) is 359 Å². The lowest BCUT2D eigenvalue weighted by atomic mass is 9.68. The number of carbonyl (C=O) groups is 7. The van der Waals surface area contributed by atoms with E-state index in [1.807, 2.05) is 142 Å². The average molecular weight is 2030 g/mol. The molecule has 31 heteroatoms. The van der Waals surface area contributed by atoms with E-state index in [2.05, 4.69) is 131 Å².